The topological polar surface area (TPSA) is 38.7 Å². The van der Waals surface area contributed by atoms with E-state index < -0.39 is 5.60 Å². The van der Waals surface area contributed by atoms with Crippen LogP contribution in [0, 0.1) is 52.8 Å². The van der Waals surface area contributed by atoms with E-state index in [-0.39, 0.29) is 5.79 Å². The number of fused-ring (bicyclic) bond motifs is 5. The zero-order valence-electron chi connectivity index (χ0n) is 18.7. The number of aliphatic hydroxyl groups is 1. The first kappa shape index (κ1) is 20.3. The third-order valence-electron chi connectivity index (χ3n) is 10.7. The average molecular weight is 401 g/mol. The monoisotopic (exact) mass is 400 g/mol. The largest absolute Gasteiger partial charge is 0.389 e. The van der Waals surface area contributed by atoms with Crippen molar-refractivity contribution in [1.82, 2.24) is 0 Å². The normalized spacial score (nSPS) is 53.6. The highest BCUT2D eigenvalue weighted by Gasteiger charge is 2.64. The number of rotatable bonds is 2. The lowest BCUT2D eigenvalue weighted by Gasteiger charge is -2.62. The van der Waals surface area contributed by atoms with E-state index in [1.54, 1.807) is 0 Å². The second-order valence-corrected chi connectivity index (χ2v) is 11.9. The van der Waals surface area contributed by atoms with Gasteiger partial charge in [0.1, 0.15) is 0 Å². The molecule has 3 heteroatoms. The Balaban J connectivity index is 1.38. The summed E-state index contributed by atoms with van der Waals surface area (Å²) in [5.41, 5.74) is 0.120. The van der Waals surface area contributed by atoms with Crippen molar-refractivity contribution >= 4 is 0 Å². The Labute approximate surface area is 177 Å². The first-order chi connectivity index (χ1) is 13.7. The maximum absolute atomic E-state index is 11.0. The molecule has 0 radical (unpaired) electrons. The first-order valence-electron chi connectivity index (χ1n) is 12.2. The van der Waals surface area contributed by atoms with Gasteiger partial charge in [0, 0.05) is 12.3 Å². The van der Waals surface area contributed by atoms with Crippen LogP contribution in [0.3, 0.4) is 0 Å². The Bertz CT molecular complexity index is 691. The summed E-state index contributed by atoms with van der Waals surface area (Å²) in [7, 11) is 0. The molecule has 0 aromatic rings. The van der Waals surface area contributed by atoms with Crippen molar-refractivity contribution in [2.24, 2.45) is 40.4 Å². The SMILES string of the molecule is C#CC[C@]1(O)CC[C@@]2(C)[C@H](CC[C@@H]3[C@@H]2CC[C@]2(C)[C@@H](C4(C)OCCO4)CC[C@@H]32)C1. The Morgan fingerprint density at radius 2 is 1.62 bits per heavy atom. The van der Waals surface area contributed by atoms with Gasteiger partial charge in [-0.1, -0.05) is 13.8 Å². The predicted octanol–water partition coefficient (Wildman–Crippen LogP) is 5.16. The Morgan fingerprint density at radius 3 is 2.34 bits per heavy atom. The summed E-state index contributed by atoms with van der Waals surface area (Å²) in [6.45, 7) is 8.82. The lowest BCUT2D eigenvalue weighted by molar-refractivity contribution is -0.220. The van der Waals surface area contributed by atoms with Crippen LogP contribution >= 0.6 is 0 Å². The quantitative estimate of drug-likeness (QED) is 0.651. The van der Waals surface area contributed by atoms with Crippen molar-refractivity contribution in [3.63, 3.8) is 0 Å². The van der Waals surface area contributed by atoms with Gasteiger partial charge >= 0.3 is 0 Å². The molecule has 162 valence electrons. The summed E-state index contributed by atoms with van der Waals surface area (Å²) in [4.78, 5) is 0. The van der Waals surface area contributed by atoms with Gasteiger partial charge in [-0.3, -0.25) is 0 Å². The molecule has 0 unspecified atom stereocenters. The Hall–Kier alpha value is -0.560. The average Bonchev–Trinajstić information content (AvgIpc) is 3.26. The van der Waals surface area contributed by atoms with E-state index in [2.05, 4.69) is 26.7 Å². The molecule has 0 amide bonds. The Kier molecular flexibility index (Phi) is 4.71. The van der Waals surface area contributed by atoms with E-state index in [1.165, 1.54) is 38.5 Å². The molecule has 0 spiro atoms. The minimum absolute atomic E-state index is 0.350. The van der Waals surface area contributed by atoms with Crippen LogP contribution in [0.2, 0.25) is 0 Å². The molecule has 0 aromatic heterocycles. The molecule has 3 nitrogen and oxygen atoms in total. The molecular formula is C26H40O3. The fourth-order valence-corrected chi connectivity index (χ4v) is 9.27. The zero-order chi connectivity index (χ0) is 20.5. The highest BCUT2D eigenvalue weighted by Crippen LogP contribution is 2.69. The molecule has 5 fully saturated rings. The summed E-state index contributed by atoms with van der Waals surface area (Å²) in [6, 6.07) is 0. The lowest BCUT2D eigenvalue weighted by atomic mass is 9.43. The van der Waals surface area contributed by atoms with Gasteiger partial charge in [-0.05, 0) is 99.2 Å². The standard InChI is InChI=1S/C26H40O3/c1-5-11-26(27)14-13-23(2)18(17-26)6-7-19-20-8-9-22(25(4)28-15-16-29-25)24(20,3)12-10-21(19)23/h1,18-22,27H,6-17H2,2-4H3/t18-,19+,20+,21+,22+,23+,24+,26+/m1/s1. The van der Waals surface area contributed by atoms with Gasteiger partial charge < -0.3 is 14.6 Å². The van der Waals surface area contributed by atoms with Crippen LogP contribution in [0.4, 0.5) is 0 Å². The van der Waals surface area contributed by atoms with E-state index in [0.29, 0.717) is 29.1 Å². The minimum Gasteiger partial charge on any atom is -0.389 e. The highest BCUT2D eigenvalue weighted by atomic mass is 16.7. The molecule has 4 aliphatic carbocycles. The molecule has 4 saturated carbocycles. The van der Waals surface area contributed by atoms with E-state index in [1.807, 2.05) is 0 Å². The third-order valence-corrected chi connectivity index (χ3v) is 10.7. The second-order valence-electron chi connectivity index (χ2n) is 11.9. The van der Waals surface area contributed by atoms with Crippen LogP contribution < -0.4 is 0 Å². The molecule has 29 heavy (non-hydrogen) atoms. The number of hydrogen-bond donors (Lipinski definition) is 1. The number of ether oxygens (including phenoxy) is 2. The van der Waals surface area contributed by atoms with Gasteiger partial charge in [0.2, 0.25) is 0 Å². The van der Waals surface area contributed by atoms with E-state index in [0.717, 1.165) is 50.2 Å². The van der Waals surface area contributed by atoms with Gasteiger partial charge in [0.15, 0.2) is 5.79 Å². The van der Waals surface area contributed by atoms with Gasteiger partial charge in [-0.15, -0.1) is 12.3 Å². The van der Waals surface area contributed by atoms with E-state index >= 15 is 0 Å². The third kappa shape index (κ3) is 2.89. The van der Waals surface area contributed by atoms with Crippen LogP contribution in [0.5, 0.6) is 0 Å². The number of hydrogen-bond acceptors (Lipinski definition) is 3. The molecule has 5 aliphatic rings. The smallest absolute Gasteiger partial charge is 0.169 e. The van der Waals surface area contributed by atoms with Gasteiger partial charge in [-0.25, -0.2) is 0 Å². The molecule has 0 aromatic carbocycles. The van der Waals surface area contributed by atoms with Gasteiger partial charge in [0.05, 0.1) is 18.8 Å². The maximum atomic E-state index is 11.0. The highest BCUT2D eigenvalue weighted by molar-refractivity contribution is 5.13. The molecule has 1 heterocycles. The molecule has 0 bridgehead atoms. The molecule has 1 aliphatic heterocycles. The molecule has 1 N–H and O–H groups in total. The summed E-state index contributed by atoms with van der Waals surface area (Å²) in [5, 5.41) is 11.0. The fourth-order valence-electron chi connectivity index (χ4n) is 9.27. The molecular weight excluding hydrogens is 360 g/mol. The van der Waals surface area contributed by atoms with Crippen molar-refractivity contribution in [2.45, 2.75) is 96.4 Å². The fraction of sp³-hybridized carbons (Fsp3) is 0.923. The van der Waals surface area contributed by atoms with E-state index in [9.17, 15) is 5.11 Å². The minimum atomic E-state index is -0.612. The molecule has 8 atom stereocenters. The summed E-state index contributed by atoms with van der Waals surface area (Å²) in [5.74, 6) is 5.99. The zero-order valence-corrected chi connectivity index (χ0v) is 18.7. The molecule has 1 saturated heterocycles. The van der Waals surface area contributed by atoms with Crippen LogP contribution in [-0.4, -0.2) is 29.7 Å². The van der Waals surface area contributed by atoms with Crippen molar-refractivity contribution in [2.75, 3.05) is 13.2 Å². The summed E-state index contributed by atoms with van der Waals surface area (Å²) in [6.07, 6.45) is 16.9. The van der Waals surface area contributed by atoms with Crippen LogP contribution in [0.25, 0.3) is 0 Å². The Morgan fingerprint density at radius 1 is 0.897 bits per heavy atom. The lowest BCUT2D eigenvalue weighted by Crippen LogP contribution is -2.57. The van der Waals surface area contributed by atoms with Crippen molar-refractivity contribution in [3.8, 4) is 12.3 Å². The summed E-state index contributed by atoms with van der Waals surface area (Å²) < 4.78 is 12.3. The van der Waals surface area contributed by atoms with Crippen molar-refractivity contribution < 1.29 is 14.6 Å². The van der Waals surface area contributed by atoms with Crippen LogP contribution in [0.1, 0.15) is 85.0 Å². The predicted molar refractivity (Wildman–Crippen MR) is 114 cm³/mol. The molecule has 5 rings (SSSR count). The summed E-state index contributed by atoms with van der Waals surface area (Å²) >= 11 is 0. The van der Waals surface area contributed by atoms with E-state index in [4.69, 9.17) is 15.9 Å². The number of terminal acetylenes is 1. The second kappa shape index (κ2) is 6.72. The van der Waals surface area contributed by atoms with Crippen molar-refractivity contribution in [3.05, 3.63) is 0 Å². The van der Waals surface area contributed by atoms with Gasteiger partial charge in [-0.2, -0.15) is 0 Å². The van der Waals surface area contributed by atoms with Crippen LogP contribution in [-0.2, 0) is 9.47 Å². The first-order valence-corrected chi connectivity index (χ1v) is 12.2. The van der Waals surface area contributed by atoms with Crippen LogP contribution in [0.15, 0.2) is 0 Å². The maximum Gasteiger partial charge on any atom is 0.169 e. The van der Waals surface area contributed by atoms with Crippen molar-refractivity contribution in [1.29, 1.82) is 0 Å². The van der Waals surface area contributed by atoms with Gasteiger partial charge in [0.25, 0.3) is 0 Å².